The van der Waals surface area contributed by atoms with E-state index in [2.05, 4.69) is 111 Å². The van der Waals surface area contributed by atoms with Gasteiger partial charge in [0.1, 0.15) is 11.5 Å². The van der Waals surface area contributed by atoms with Crippen LogP contribution in [0, 0.1) is 0 Å². The average Bonchev–Trinajstić information content (AvgIpc) is 3.96. The Labute approximate surface area is 367 Å². The summed E-state index contributed by atoms with van der Waals surface area (Å²) in [5, 5.41) is 11.2. The molecule has 0 spiro atoms. The van der Waals surface area contributed by atoms with Gasteiger partial charge in [0.2, 0.25) is 0 Å². The summed E-state index contributed by atoms with van der Waals surface area (Å²) in [6.07, 6.45) is 2.01. The monoisotopic (exact) mass is 860 g/mol. The van der Waals surface area contributed by atoms with Crippen LogP contribution in [0.15, 0.2) is 95.7 Å². The summed E-state index contributed by atoms with van der Waals surface area (Å²) >= 11 is 3.33. The topological polar surface area (TPSA) is 102 Å². The highest BCUT2D eigenvalue weighted by atomic mass is 32.1. The summed E-state index contributed by atoms with van der Waals surface area (Å²) in [5.41, 5.74) is 2.12. The van der Waals surface area contributed by atoms with Gasteiger partial charge >= 0.3 is 11.9 Å². The van der Waals surface area contributed by atoms with Crippen molar-refractivity contribution in [3.63, 3.8) is 0 Å². The third kappa shape index (κ3) is 15.5. The number of hydrogen-bond donors (Lipinski definition) is 2. The molecule has 4 aromatic rings. The van der Waals surface area contributed by atoms with Crippen LogP contribution in [0.5, 0.6) is 11.5 Å². The first kappa shape index (κ1) is 48.6. The van der Waals surface area contributed by atoms with Crippen LogP contribution < -0.4 is 20.1 Å². The Hall–Kier alpha value is -4.04. The zero-order valence-corrected chi connectivity index (χ0v) is 38.9. The Kier molecular flexibility index (Phi) is 20.3. The summed E-state index contributed by atoms with van der Waals surface area (Å²) in [7, 11) is 3.32. The normalized spacial score (nSPS) is 14.1. The van der Waals surface area contributed by atoms with Crippen LogP contribution >= 0.6 is 22.7 Å². The van der Waals surface area contributed by atoms with Gasteiger partial charge in [-0.05, 0) is 114 Å². The number of thiophene rings is 2. The lowest BCUT2D eigenvalue weighted by molar-refractivity contribution is -0.148. The largest absolute Gasteiger partial charge is 0.497 e. The molecule has 0 amide bonds. The van der Waals surface area contributed by atoms with Gasteiger partial charge in [-0.1, -0.05) is 36.4 Å². The maximum atomic E-state index is 13.6. The highest BCUT2D eigenvalue weighted by Crippen LogP contribution is 2.36. The molecular weight excluding hydrogens is 793 g/mol. The predicted octanol–water partition coefficient (Wildman–Crippen LogP) is 9.28. The zero-order valence-electron chi connectivity index (χ0n) is 37.3. The van der Waals surface area contributed by atoms with Crippen LogP contribution in [0.25, 0.3) is 0 Å². The van der Waals surface area contributed by atoms with Crippen molar-refractivity contribution in [1.29, 1.82) is 0 Å². The number of hydrogen-bond acceptors (Lipinski definition) is 12. The van der Waals surface area contributed by atoms with E-state index >= 15 is 0 Å². The maximum Gasteiger partial charge on any atom is 0.332 e. The minimum atomic E-state index is -0.647. The van der Waals surface area contributed by atoms with E-state index in [1.807, 2.05) is 48.5 Å². The molecule has 0 aliphatic rings. The molecule has 0 radical (unpaired) electrons. The van der Waals surface area contributed by atoms with Crippen LogP contribution in [0.2, 0.25) is 0 Å². The second kappa shape index (κ2) is 25.0. The van der Waals surface area contributed by atoms with Gasteiger partial charge in [0.05, 0.1) is 14.2 Å². The molecule has 0 saturated heterocycles. The molecule has 2 aromatic carbocycles. The van der Waals surface area contributed by atoms with Gasteiger partial charge in [-0.2, -0.15) is 0 Å². The zero-order chi connectivity index (χ0) is 43.6. The van der Waals surface area contributed by atoms with Crippen molar-refractivity contribution in [2.75, 3.05) is 40.4 Å². The molecule has 0 saturated carbocycles. The van der Waals surface area contributed by atoms with Crippen molar-refractivity contribution < 1.29 is 28.5 Å². The second-order valence-electron chi connectivity index (χ2n) is 16.1. The van der Waals surface area contributed by atoms with Crippen molar-refractivity contribution in [2.24, 2.45) is 0 Å². The smallest absolute Gasteiger partial charge is 0.332 e. The maximum absolute atomic E-state index is 13.6. The van der Waals surface area contributed by atoms with E-state index < -0.39 is 24.4 Å². The molecule has 0 aliphatic heterocycles. The Morgan fingerprint density at radius 2 is 0.967 bits per heavy atom. The number of benzene rings is 2. The number of ether oxygens (including phenoxy) is 4. The number of carbonyl (C=O) groups is 2. The highest BCUT2D eigenvalue weighted by molar-refractivity contribution is 7.10. The Morgan fingerprint density at radius 1 is 0.583 bits per heavy atom. The number of nitrogens with one attached hydrogen (secondary N) is 2. The number of methoxy groups -OCH3 is 2. The molecule has 0 bridgehead atoms. The first-order valence-corrected chi connectivity index (χ1v) is 23.0. The number of carbonyl (C=O) groups excluding carboxylic acids is 2. The number of esters is 2. The van der Waals surface area contributed by atoms with Crippen molar-refractivity contribution in [3.05, 3.63) is 117 Å². The Morgan fingerprint density at radius 3 is 1.28 bits per heavy atom. The van der Waals surface area contributed by atoms with E-state index in [0.717, 1.165) is 45.5 Å². The van der Waals surface area contributed by atoms with Crippen molar-refractivity contribution in [3.8, 4) is 11.5 Å². The van der Waals surface area contributed by atoms with Gasteiger partial charge < -0.3 is 18.9 Å². The van der Waals surface area contributed by atoms with Crippen LogP contribution in [-0.4, -0.2) is 98.8 Å². The number of nitrogens with zero attached hydrogens (tertiary/aromatic N) is 2. The first-order valence-electron chi connectivity index (χ1n) is 21.2. The summed E-state index contributed by atoms with van der Waals surface area (Å²) < 4.78 is 23.4. The minimum absolute atomic E-state index is 0.0688. The SMILES string of the molecule is COc1cccc(C(CC(NCCN(C(C)C)C(C)C)OC(=O)/C=C/C(=O)OC(CC(c2cccc(OC)c2)c2cccs2)NCCN(C(C)C)C(C)C)c2cccs2)c1. The van der Waals surface area contributed by atoms with Gasteiger partial charge in [-0.3, -0.25) is 20.4 Å². The fourth-order valence-corrected chi connectivity index (χ4v) is 9.47. The van der Waals surface area contributed by atoms with E-state index in [1.54, 1.807) is 36.9 Å². The van der Waals surface area contributed by atoms with Gasteiger partial charge in [-0.25, -0.2) is 9.59 Å². The van der Waals surface area contributed by atoms with Crippen LogP contribution in [0.4, 0.5) is 0 Å². The first-order chi connectivity index (χ1) is 28.8. The lowest BCUT2D eigenvalue weighted by atomic mass is 9.93. The quantitative estimate of drug-likeness (QED) is 0.0361. The van der Waals surface area contributed by atoms with Crippen LogP contribution in [0.1, 0.15) is 101 Å². The van der Waals surface area contributed by atoms with E-state index in [0.29, 0.717) is 50.1 Å². The standard InChI is InChI=1S/C48H68N4O6S2/c1-33(2)51(34(3)4)25-23-49-45(31-41(43-19-13-27-59-43)37-15-11-17-39(29-37)55-9)57-47(53)21-22-48(54)58-46(50-24-26-52(35(5)6)36(7)8)32-42(44-20-14-28-60-44)38-16-12-18-40(30-38)56-10/h11-22,27-30,33-36,41-42,45-46,49-50H,23-26,31-32H2,1-10H3/b22-21+. The summed E-state index contributed by atoms with van der Waals surface area (Å²) in [4.78, 5) is 34.3. The molecule has 0 fully saturated rings. The van der Waals surface area contributed by atoms with E-state index in [4.69, 9.17) is 18.9 Å². The molecular formula is C48H68N4O6S2. The fourth-order valence-electron chi connectivity index (χ4n) is 7.73. The minimum Gasteiger partial charge on any atom is -0.497 e. The van der Waals surface area contributed by atoms with Crippen LogP contribution in [0.3, 0.4) is 0 Å². The number of rotatable bonds is 26. The van der Waals surface area contributed by atoms with Crippen molar-refractivity contribution in [2.45, 2.75) is 117 Å². The molecule has 2 N–H and O–H groups in total. The molecule has 12 heteroatoms. The lowest BCUT2D eigenvalue weighted by Gasteiger charge is -2.31. The highest BCUT2D eigenvalue weighted by Gasteiger charge is 2.26. The van der Waals surface area contributed by atoms with Gasteiger partial charge in [0.25, 0.3) is 0 Å². The lowest BCUT2D eigenvalue weighted by Crippen LogP contribution is -2.44. The predicted molar refractivity (Wildman–Crippen MR) is 246 cm³/mol. The van der Waals surface area contributed by atoms with Crippen molar-refractivity contribution in [1.82, 2.24) is 20.4 Å². The molecule has 4 unspecified atom stereocenters. The van der Waals surface area contributed by atoms with E-state index in [9.17, 15) is 9.59 Å². The molecule has 10 nitrogen and oxygen atoms in total. The third-order valence-electron chi connectivity index (χ3n) is 10.7. The second-order valence-corrected chi connectivity index (χ2v) is 18.1. The molecule has 328 valence electrons. The molecule has 0 aliphatic carbocycles. The molecule has 2 heterocycles. The summed E-state index contributed by atoms with van der Waals surface area (Å²) in [6.45, 7) is 20.2. The van der Waals surface area contributed by atoms with E-state index in [1.165, 1.54) is 12.2 Å². The van der Waals surface area contributed by atoms with Gasteiger partial charge in [-0.15, -0.1) is 22.7 Å². The molecule has 2 aromatic heterocycles. The average molecular weight is 861 g/mol. The molecule has 4 atom stereocenters. The van der Waals surface area contributed by atoms with E-state index in [-0.39, 0.29) is 11.8 Å². The third-order valence-corrected chi connectivity index (χ3v) is 12.6. The van der Waals surface area contributed by atoms with Crippen molar-refractivity contribution >= 4 is 34.6 Å². The molecule has 60 heavy (non-hydrogen) atoms. The summed E-state index contributed by atoms with van der Waals surface area (Å²) in [6, 6.07) is 25.7. The Balaban J connectivity index is 1.54. The fraction of sp³-hybridized carbons (Fsp3) is 0.500. The Bertz CT molecular complexity index is 1710. The molecule has 4 rings (SSSR count). The summed E-state index contributed by atoms with van der Waals surface area (Å²) in [5.74, 6) is 0.118. The van der Waals surface area contributed by atoms with Crippen LogP contribution in [-0.2, 0) is 19.1 Å². The van der Waals surface area contributed by atoms with Gasteiger partial charge in [0, 0.05) is 96.9 Å². The van der Waals surface area contributed by atoms with Gasteiger partial charge in [0.15, 0.2) is 12.5 Å².